The number of nitrogens with zero attached hydrogens (tertiary/aromatic N) is 2. The molecule has 2 rings (SSSR count). The fourth-order valence-electron chi connectivity index (χ4n) is 3.35. The summed E-state index contributed by atoms with van der Waals surface area (Å²) in [4.78, 5) is 17.7. The number of nitrogens with two attached hydrogens (primary N) is 1. The van der Waals surface area contributed by atoms with Crippen LogP contribution in [0.2, 0.25) is 0 Å². The van der Waals surface area contributed by atoms with Crippen molar-refractivity contribution in [1.82, 2.24) is 15.5 Å². The van der Waals surface area contributed by atoms with Gasteiger partial charge in [-0.05, 0) is 38.0 Å². The number of hydrogen-bond acceptors (Lipinski definition) is 6. The maximum Gasteiger partial charge on any atom is 0.231 e. The number of amides is 1. The van der Waals surface area contributed by atoms with Crippen molar-refractivity contribution in [2.75, 3.05) is 46.9 Å². The Morgan fingerprint density at radius 3 is 2.60 bits per heavy atom. The highest BCUT2D eigenvalue weighted by atomic mass is 127. The number of carbonyl (C=O) groups is 1. The zero-order valence-electron chi connectivity index (χ0n) is 17.9. The minimum Gasteiger partial charge on any atom is -0.497 e. The van der Waals surface area contributed by atoms with E-state index in [4.69, 9.17) is 15.2 Å². The number of primary amides is 1. The van der Waals surface area contributed by atoms with Crippen LogP contribution in [0.15, 0.2) is 23.2 Å². The number of hydrogen-bond donors (Lipinski definition) is 4. The Morgan fingerprint density at radius 1 is 1.33 bits per heavy atom. The van der Waals surface area contributed by atoms with E-state index in [1.165, 1.54) is 0 Å². The number of halogens is 1. The summed E-state index contributed by atoms with van der Waals surface area (Å²) < 4.78 is 10.6. The molecule has 1 heterocycles. The van der Waals surface area contributed by atoms with E-state index in [9.17, 15) is 9.90 Å². The standard InChI is InChI=1S/C20H33N5O4.HI/c1-4-22-20(24-14-7-9-25(10-8-14)13-19(21)27)23-12-17(26)16-11-15(28-2)5-6-18(16)29-3;/h5-6,11,14,17,26H,4,7-10,12-13H2,1-3H3,(H2,21,27)(H2,22,23,24);1H. The number of aliphatic imine (C=N–C) groups is 1. The quantitative estimate of drug-likeness (QED) is 0.210. The van der Waals surface area contributed by atoms with Gasteiger partial charge in [-0.25, -0.2) is 0 Å². The van der Waals surface area contributed by atoms with Crippen LogP contribution in [0.4, 0.5) is 0 Å². The molecule has 1 aliphatic heterocycles. The van der Waals surface area contributed by atoms with Crippen molar-refractivity contribution < 1.29 is 19.4 Å². The summed E-state index contributed by atoms with van der Waals surface area (Å²) in [6.45, 7) is 4.81. The third kappa shape index (κ3) is 8.15. The van der Waals surface area contributed by atoms with Crippen molar-refractivity contribution in [2.45, 2.75) is 31.9 Å². The lowest BCUT2D eigenvalue weighted by Gasteiger charge is -2.32. The Labute approximate surface area is 195 Å². The molecule has 30 heavy (non-hydrogen) atoms. The van der Waals surface area contributed by atoms with Gasteiger partial charge in [-0.3, -0.25) is 14.7 Å². The first-order chi connectivity index (χ1) is 14.0. The summed E-state index contributed by atoms with van der Waals surface area (Å²) in [6, 6.07) is 5.56. The van der Waals surface area contributed by atoms with Crippen LogP contribution in [0.5, 0.6) is 11.5 Å². The van der Waals surface area contributed by atoms with Gasteiger partial charge in [0.2, 0.25) is 5.91 Å². The van der Waals surface area contributed by atoms with Gasteiger partial charge in [0.05, 0.1) is 27.3 Å². The van der Waals surface area contributed by atoms with E-state index >= 15 is 0 Å². The van der Waals surface area contributed by atoms with E-state index in [1.54, 1.807) is 32.4 Å². The number of rotatable bonds is 9. The van der Waals surface area contributed by atoms with Crippen molar-refractivity contribution in [3.63, 3.8) is 0 Å². The summed E-state index contributed by atoms with van der Waals surface area (Å²) in [5, 5.41) is 17.3. The lowest BCUT2D eigenvalue weighted by Crippen LogP contribution is -2.49. The van der Waals surface area contributed by atoms with Crippen LogP contribution in [0.3, 0.4) is 0 Å². The van der Waals surface area contributed by atoms with Crippen molar-refractivity contribution in [2.24, 2.45) is 10.7 Å². The first-order valence-electron chi connectivity index (χ1n) is 9.92. The second kappa shape index (κ2) is 13.5. The van der Waals surface area contributed by atoms with Crippen LogP contribution < -0.4 is 25.8 Å². The molecule has 1 aromatic carbocycles. The molecule has 1 saturated heterocycles. The normalized spacial score (nSPS) is 16.3. The molecule has 1 atom stereocenters. The molecular formula is C20H34IN5O4. The summed E-state index contributed by atoms with van der Waals surface area (Å²) >= 11 is 0. The molecule has 9 nitrogen and oxygen atoms in total. The van der Waals surface area contributed by atoms with Crippen LogP contribution in [0, 0.1) is 0 Å². The zero-order chi connectivity index (χ0) is 21.2. The first kappa shape index (κ1) is 26.2. The second-order valence-corrected chi connectivity index (χ2v) is 7.00. The lowest BCUT2D eigenvalue weighted by molar-refractivity contribution is -0.119. The molecule has 1 unspecified atom stereocenters. The number of carbonyl (C=O) groups excluding carboxylic acids is 1. The van der Waals surface area contributed by atoms with Gasteiger partial charge in [0, 0.05) is 31.2 Å². The molecule has 0 radical (unpaired) electrons. The number of nitrogens with one attached hydrogen (secondary N) is 2. The van der Waals surface area contributed by atoms with E-state index in [2.05, 4.69) is 20.5 Å². The molecular weight excluding hydrogens is 501 g/mol. The molecule has 5 N–H and O–H groups in total. The van der Waals surface area contributed by atoms with Crippen molar-refractivity contribution in [1.29, 1.82) is 0 Å². The number of piperidine rings is 1. The fourth-order valence-corrected chi connectivity index (χ4v) is 3.35. The minimum atomic E-state index is -0.826. The van der Waals surface area contributed by atoms with Crippen LogP contribution in [0.25, 0.3) is 0 Å². The van der Waals surface area contributed by atoms with Gasteiger partial charge < -0.3 is 30.9 Å². The number of aliphatic hydroxyl groups excluding tert-OH is 1. The summed E-state index contributed by atoms with van der Waals surface area (Å²) in [5.74, 6) is 1.60. The summed E-state index contributed by atoms with van der Waals surface area (Å²) in [5.41, 5.74) is 5.90. The molecule has 170 valence electrons. The molecule has 10 heteroatoms. The SMILES string of the molecule is CCNC(=NCC(O)c1cc(OC)ccc1OC)NC1CCN(CC(N)=O)CC1.I. The average molecular weight is 535 g/mol. The van der Waals surface area contributed by atoms with Crippen LogP contribution in [-0.4, -0.2) is 74.9 Å². The largest absolute Gasteiger partial charge is 0.497 e. The average Bonchev–Trinajstić information content (AvgIpc) is 2.72. The Morgan fingerprint density at radius 2 is 2.03 bits per heavy atom. The molecule has 0 aliphatic carbocycles. The molecule has 0 spiro atoms. The third-order valence-electron chi connectivity index (χ3n) is 4.87. The monoisotopic (exact) mass is 535 g/mol. The molecule has 1 aromatic rings. The van der Waals surface area contributed by atoms with Gasteiger partial charge in [-0.1, -0.05) is 0 Å². The van der Waals surface area contributed by atoms with E-state index < -0.39 is 6.10 Å². The molecule has 1 amide bonds. The lowest BCUT2D eigenvalue weighted by atomic mass is 10.1. The molecule has 0 bridgehead atoms. The Balaban J connectivity index is 0.00000450. The smallest absolute Gasteiger partial charge is 0.231 e. The van der Waals surface area contributed by atoms with Crippen molar-refractivity contribution in [3.8, 4) is 11.5 Å². The van der Waals surface area contributed by atoms with Crippen LogP contribution in [-0.2, 0) is 4.79 Å². The summed E-state index contributed by atoms with van der Waals surface area (Å²) in [7, 11) is 3.15. The van der Waals surface area contributed by atoms with E-state index in [-0.39, 0.29) is 42.5 Å². The minimum absolute atomic E-state index is 0. The van der Waals surface area contributed by atoms with E-state index in [1.807, 2.05) is 6.92 Å². The van der Waals surface area contributed by atoms with Gasteiger partial charge in [0.25, 0.3) is 0 Å². The maximum absolute atomic E-state index is 11.1. The number of methoxy groups -OCH3 is 2. The summed E-state index contributed by atoms with van der Waals surface area (Å²) in [6.07, 6.45) is 0.960. The van der Waals surface area contributed by atoms with E-state index in [0.717, 1.165) is 25.9 Å². The molecule has 1 aliphatic rings. The third-order valence-corrected chi connectivity index (χ3v) is 4.87. The Kier molecular flexibility index (Phi) is 11.8. The second-order valence-electron chi connectivity index (χ2n) is 7.00. The highest BCUT2D eigenvalue weighted by molar-refractivity contribution is 14.0. The van der Waals surface area contributed by atoms with Crippen LogP contribution >= 0.6 is 24.0 Å². The number of aliphatic hydroxyl groups is 1. The number of benzene rings is 1. The zero-order valence-corrected chi connectivity index (χ0v) is 20.2. The molecule has 1 fully saturated rings. The van der Waals surface area contributed by atoms with Gasteiger partial charge in [0.1, 0.15) is 17.6 Å². The number of guanidine groups is 1. The van der Waals surface area contributed by atoms with Gasteiger partial charge in [-0.15, -0.1) is 24.0 Å². The van der Waals surface area contributed by atoms with Gasteiger partial charge >= 0.3 is 0 Å². The molecule has 0 aromatic heterocycles. The highest BCUT2D eigenvalue weighted by Crippen LogP contribution is 2.29. The van der Waals surface area contributed by atoms with Crippen molar-refractivity contribution in [3.05, 3.63) is 23.8 Å². The molecule has 0 saturated carbocycles. The topological polar surface area (TPSA) is 121 Å². The predicted octanol–water partition coefficient (Wildman–Crippen LogP) is 0.860. The Bertz CT molecular complexity index is 696. The van der Waals surface area contributed by atoms with Crippen molar-refractivity contribution >= 4 is 35.8 Å². The predicted molar refractivity (Wildman–Crippen MR) is 128 cm³/mol. The first-order valence-corrected chi connectivity index (χ1v) is 9.92. The number of likely N-dealkylation sites (tertiary alicyclic amines) is 1. The van der Waals surface area contributed by atoms with E-state index in [0.29, 0.717) is 36.1 Å². The van der Waals surface area contributed by atoms with Crippen LogP contribution in [0.1, 0.15) is 31.4 Å². The number of ether oxygens (including phenoxy) is 2. The Hall–Kier alpha value is -1.79. The van der Waals surface area contributed by atoms with Gasteiger partial charge in [-0.2, -0.15) is 0 Å². The van der Waals surface area contributed by atoms with Gasteiger partial charge in [0.15, 0.2) is 5.96 Å². The maximum atomic E-state index is 11.1. The fraction of sp³-hybridized carbons (Fsp3) is 0.600. The highest BCUT2D eigenvalue weighted by Gasteiger charge is 2.21.